The number of nitrogens with two attached hydrogens (primary N) is 1. The van der Waals surface area contributed by atoms with Crippen LogP contribution >= 0.6 is 11.8 Å². The Morgan fingerprint density at radius 2 is 2.31 bits per heavy atom. The maximum atomic E-state index is 5.41. The molecule has 1 aromatic carbocycles. The van der Waals surface area contributed by atoms with Crippen molar-refractivity contribution in [2.75, 3.05) is 18.3 Å². The van der Waals surface area contributed by atoms with Crippen LogP contribution in [0.15, 0.2) is 23.1 Å². The molecule has 72 valence electrons. The van der Waals surface area contributed by atoms with Crippen molar-refractivity contribution in [3.8, 4) is 5.75 Å². The molecule has 1 rings (SSSR count). The van der Waals surface area contributed by atoms with Gasteiger partial charge in [0.05, 0.1) is 12.3 Å². The number of rotatable bonds is 4. The second-order valence-corrected chi connectivity index (χ2v) is 3.32. The van der Waals surface area contributed by atoms with E-state index in [0.29, 0.717) is 6.61 Å². The normalized spacial score (nSPS) is 9.77. The van der Waals surface area contributed by atoms with Gasteiger partial charge in [-0.15, -0.1) is 11.8 Å². The second kappa shape index (κ2) is 4.99. The van der Waals surface area contributed by atoms with E-state index in [1.54, 1.807) is 11.8 Å². The summed E-state index contributed by atoms with van der Waals surface area (Å²) in [6, 6.07) is 5.89. The Morgan fingerprint density at radius 3 is 2.85 bits per heavy atom. The van der Waals surface area contributed by atoms with Gasteiger partial charge in [-0.3, -0.25) is 5.84 Å². The first-order chi connectivity index (χ1) is 6.31. The number of hydrogen-bond acceptors (Lipinski definition) is 4. The van der Waals surface area contributed by atoms with E-state index in [0.717, 1.165) is 11.4 Å². The summed E-state index contributed by atoms with van der Waals surface area (Å²) in [5, 5.41) is 0. The monoisotopic (exact) mass is 198 g/mol. The number of anilines is 1. The van der Waals surface area contributed by atoms with Crippen molar-refractivity contribution in [1.29, 1.82) is 0 Å². The lowest BCUT2D eigenvalue weighted by molar-refractivity contribution is 0.341. The van der Waals surface area contributed by atoms with Gasteiger partial charge >= 0.3 is 0 Å². The number of thioether (sulfide) groups is 1. The molecule has 0 radical (unpaired) electrons. The molecule has 3 nitrogen and oxygen atoms in total. The molecule has 3 N–H and O–H groups in total. The topological polar surface area (TPSA) is 47.3 Å². The van der Waals surface area contributed by atoms with Gasteiger partial charge in [0.25, 0.3) is 0 Å². The van der Waals surface area contributed by atoms with E-state index in [1.807, 2.05) is 31.4 Å². The average molecular weight is 198 g/mol. The first-order valence-corrected chi connectivity index (χ1v) is 5.31. The fourth-order valence-corrected chi connectivity index (χ4v) is 1.45. The number of hydrazine groups is 1. The summed E-state index contributed by atoms with van der Waals surface area (Å²) in [5.41, 5.74) is 3.42. The Bertz CT molecular complexity index is 278. The number of benzene rings is 1. The summed E-state index contributed by atoms with van der Waals surface area (Å²) < 4.78 is 5.41. The van der Waals surface area contributed by atoms with Gasteiger partial charge in [0.2, 0.25) is 0 Å². The minimum atomic E-state index is 0.645. The molecular formula is C9H14N2OS. The highest BCUT2D eigenvalue weighted by Crippen LogP contribution is 2.28. The van der Waals surface area contributed by atoms with Crippen LogP contribution in [0.3, 0.4) is 0 Å². The zero-order chi connectivity index (χ0) is 9.68. The van der Waals surface area contributed by atoms with Gasteiger partial charge < -0.3 is 10.2 Å². The molecular weight excluding hydrogens is 184 g/mol. The van der Waals surface area contributed by atoms with Crippen LogP contribution in [-0.2, 0) is 0 Å². The van der Waals surface area contributed by atoms with Crippen molar-refractivity contribution < 1.29 is 4.74 Å². The Morgan fingerprint density at radius 1 is 1.54 bits per heavy atom. The van der Waals surface area contributed by atoms with Crippen molar-refractivity contribution in [3.63, 3.8) is 0 Å². The maximum absolute atomic E-state index is 5.41. The summed E-state index contributed by atoms with van der Waals surface area (Å²) in [6.07, 6.45) is 2.03. The maximum Gasteiger partial charge on any atom is 0.144 e. The SMILES string of the molecule is CCOc1cc(SC)ccc1NN. The van der Waals surface area contributed by atoms with E-state index >= 15 is 0 Å². The fourth-order valence-electron chi connectivity index (χ4n) is 1.02. The predicted molar refractivity (Wildman–Crippen MR) is 57.2 cm³/mol. The molecule has 0 saturated heterocycles. The Kier molecular flexibility index (Phi) is 3.92. The Balaban J connectivity index is 2.95. The lowest BCUT2D eigenvalue weighted by Gasteiger charge is -2.10. The third-order valence-corrected chi connectivity index (χ3v) is 2.37. The largest absolute Gasteiger partial charge is 0.492 e. The summed E-state index contributed by atoms with van der Waals surface area (Å²) >= 11 is 1.68. The highest BCUT2D eigenvalue weighted by Gasteiger charge is 2.02. The molecule has 0 heterocycles. The molecule has 0 amide bonds. The van der Waals surface area contributed by atoms with Gasteiger partial charge in [0, 0.05) is 4.90 Å². The minimum absolute atomic E-state index is 0.645. The summed E-state index contributed by atoms with van der Waals surface area (Å²) in [5.74, 6) is 6.14. The van der Waals surface area contributed by atoms with Crippen LogP contribution < -0.4 is 16.0 Å². The molecule has 0 unspecified atom stereocenters. The van der Waals surface area contributed by atoms with Crippen molar-refractivity contribution in [2.45, 2.75) is 11.8 Å². The van der Waals surface area contributed by atoms with E-state index in [2.05, 4.69) is 5.43 Å². The zero-order valence-corrected chi connectivity index (χ0v) is 8.65. The summed E-state index contributed by atoms with van der Waals surface area (Å²) in [6.45, 7) is 2.60. The number of ether oxygens (including phenoxy) is 1. The highest BCUT2D eigenvalue weighted by molar-refractivity contribution is 7.98. The van der Waals surface area contributed by atoms with E-state index in [1.165, 1.54) is 4.90 Å². The smallest absolute Gasteiger partial charge is 0.144 e. The van der Waals surface area contributed by atoms with Crippen LogP contribution in [0, 0.1) is 0 Å². The fraction of sp³-hybridized carbons (Fsp3) is 0.333. The van der Waals surface area contributed by atoms with Crippen LogP contribution in [0.25, 0.3) is 0 Å². The van der Waals surface area contributed by atoms with Crippen LogP contribution in [-0.4, -0.2) is 12.9 Å². The van der Waals surface area contributed by atoms with Crippen LogP contribution in [0.2, 0.25) is 0 Å². The third-order valence-electron chi connectivity index (χ3n) is 1.64. The molecule has 1 aromatic rings. The lowest BCUT2D eigenvalue weighted by Crippen LogP contribution is -2.08. The van der Waals surface area contributed by atoms with Gasteiger partial charge in [0.15, 0.2) is 0 Å². The quantitative estimate of drug-likeness (QED) is 0.442. The molecule has 0 spiro atoms. The minimum Gasteiger partial charge on any atom is -0.492 e. The number of nitrogen functional groups attached to an aromatic ring is 1. The number of hydrogen-bond donors (Lipinski definition) is 2. The van der Waals surface area contributed by atoms with Gasteiger partial charge in [-0.2, -0.15) is 0 Å². The van der Waals surface area contributed by atoms with Crippen molar-refractivity contribution in [3.05, 3.63) is 18.2 Å². The van der Waals surface area contributed by atoms with Crippen molar-refractivity contribution in [1.82, 2.24) is 0 Å². The first kappa shape index (κ1) is 10.2. The number of nitrogens with one attached hydrogen (secondary N) is 1. The van der Waals surface area contributed by atoms with Crippen LogP contribution in [0.1, 0.15) is 6.92 Å². The van der Waals surface area contributed by atoms with E-state index in [-0.39, 0.29) is 0 Å². The molecule has 4 heteroatoms. The molecule has 0 atom stereocenters. The van der Waals surface area contributed by atoms with Crippen LogP contribution in [0.4, 0.5) is 5.69 Å². The Labute approximate surface area is 82.6 Å². The Hall–Kier alpha value is -0.870. The van der Waals surface area contributed by atoms with E-state index < -0.39 is 0 Å². The van der Waals surface area contributed by atoms with Crippen molar-refractivity contribution >= 4 is 17.4 Å². The van der Waals surface area contributed by atoms with Gasteiger partial charge in [0.1, 0.15) is 5.75 Å². The van der Waals surface area contributed by atoms with Gasteiger partial charge in [-0.05, 0) is 31.4 Å². The zero-order valence-electron chi connectivity index (χ0n) is 7.83. The molecule has 13 heavy (non-hydrogen) atoms. The first-order valence-electron chi connectivity index (χ1n) is 4.09. The summed E-state index contributed by atoms with van der Waals surface area (Å²) in [7, 11) is 0. The molecule has 0 aliphatic rings. The molecule has 0 aromatic heterocycles. The van der Waals surface area contributed by atoms with E-state index in [4.69, 9.17) is 10.6 Å². The van der Waals surface area contributed by atoms with Crippen LogP contribution in [0.5, 0.6) is 5.75 Å². The van der Waals surface area contributed by atoms with E-state index in [9.17, 15) is 0 Å². The van der Waals surface area contributed by atoms with Gasteiger partial charge in [-0.25, -0.2) is 0 Å². The van der Waals surface area contributed by atoms with Crippen molar-refractivity contribution in [2.24, 2.45) is 5.84 Å². The third kappa shape index (κ3) is 2.54. The predicted octanol–water partition coefficient (Wildman–Crippen LogP) is 2.09. The standard InChI is InChI=1S/C9H14N2OS/c1-3-12-9-6-7(13-2)4-5-8(9)11-10/h4-6,11H,3,10H2,1-2H3. The lowest BCUT2D eigenvalue weighted by atomic mass is 10.3. The van der Waals surface area contributed by atoms with Gasteiger partial charge in [-0.1, -0.05) is 0 Å². The summed E-state index contributed by atoms with van der Waals surface area (Å²) in [4.78, 5) is 1.17. The highest BCUT2D eigenvalue weighted by atomic mass is 32.2. The molecule has 0 bridgehead atoms. The second-order valence-electron chi connectivity index (χ2n) is 2.44. The molecule has 0 fully saturated rings. The molecule has 0 aliphatic heterocycles. The molecule has 0 aliphatic carbocycles. The molecule has 0 saturated carbocycles. The average Bonchev–Trinajstić information content (AvgIpc) is 2.18.